The molecule has 0 saturated carbocycles. The molecule has 0 spiro atoms. The molecular weight excluding hydrogens is 438 g/mol. The molecule has 12 nitrogen and oxygen atoms in total. The minimum Gasteiger partial charge on any atom is -0.463 e. The number of fused-ring (bicyclic) bond motifs is 2. The smallest absolute Gasteiger partial charge is 0.303 e. The second-order valence-corrected chi connectivity index (χ2v) is 7.45. The highest BCUT2D eigenvalue weighted by molar-refractivity contribution is 6.26. The van der Waals surface area contributed by atoms with E-state index in [1.165, 1.54) is 19.1 Å². The minimum atomic E-state index is -1.29. The van der Waals surface area contributed by atoms with E-state index in [0.717, 1.165) is 18.5 Å². The second kappa shape index (κ2) is 8.54. The number of benzene rings is 1. The molecule has 0 bridgehead atoms. The Bertz CT molecular complexity index is 1170. The fraction of sp³-hybridized carbons (Fsp3) is 0.381. The molecule has 4 atom stereocenters. The van der Waals surface area contributed by atoms with E-state index in [4.69, 9.17) is 18.9 Å². The van der Waals surface area contributed by atoms with Crippen LogP contribution < -0.4 is 0 Å². The van der Waals surface area contributed by atoms with Gasteiger partial charge in [0.15, 0.2) is 24.1 Å². The van der Waals surface area contributed by atoms with Crippen molar-refractivity contribution in [3.8, 4) is 0 Å². The average Bonchev–Trinajstić information content (AvgIpc) is 3.32. The third-order valence-corrected chi connectivity index (χ3v) is 5.12. The first kappa shape index (κ1) is 22.3. The van der Waals surface area contributed by atoms with Crippen LogP contribution in [-0.4, -0.2) is 69.4 Å². The Hall–Kier alpha value is -3.93. The minimum absolute atomic E-state index is 0.157. The maximum absolute atomic E-state index is 13.2. The van der Waals surface area contributed by atoms with E-state index in [0.29, 0.717) is 0 Å². The van der Waals surface area contributed by atoms with Gasteiger partial charge in [-0.05, 0) is 0 Å². The van der Waals surface area contributed by atoms with Crippen LogP contribution >= 0.6 is 0 Å². The lowest BCUT2D eigenvalue weighted by Gasteiger charge is -2.24. The summed E-state index contributed by atoms with van der Waals surface area (Å²) >= 11 is 0. The van der Waals surface area contributed by atoms with Crippen LogP contribution in [0.2, 0.25) is 0 Å². The molecular formula is C21H19N3O9. The standard InChI is InChI=1S/C21H19N3O9/c1-9(25)30-8-14-19(31-10(2)26)20(32-11(3)27)21(33-14)24-16-15(22-23-24)17(28)12-6-4-5-7-13(12)18(16)29/h4-7,14,19-21H,8H2,1-3H3/t14-,19-,20-,21-/m1/s1. The van der Waals surface area contributed by atoms with Crippen molar-refractivity contribution in [2.75, 3.05) is 6.61 Å². The van der Waals surface area contributed by atoms with Crippen molar-refractivity contribution in [2.24, 2.45) is 0 Å². The van der Waals surface area contributed by atoms with Gasteiger partial charge in [-0.2, -0.15) is 0 Å². The van der Waals surface area contributed by atoms with E-state index in [2.05, 4.69) is 10.3 Å². The second-order valence-electron chi connectivity index (χ2n) is 7.45. The molecule has 2 heterocycles. The molecule has 0 radical (unpaired) electrons. The molecule has 172 valence electrons. The van der Waals surface area contributed by atoms with Crippen molar-refractivity contribution in [3.05, 3.63) is 46.8 Å². The Labute approximate surface area is 186 Å². The van der Waals surface area contributed by atoms with Gasteiger partial charge in [0.05, 0.1) is 0 Å². The molecule has 1 aliphatic carbocycles. The monoisotopic (exact) mass is 457 g/mol. The summed E-state index contributed by atoms with van der Waals surface area (Å²) in [6.07, 6.45) is -4.79. The third kappa shape index (κ3) is 4.00. The van der Waals surface area contributed by atoms with Gasteiger partial charge in [0.25, 0.3) is 0 Å². The van der Waals surface area contributed by atoms with Gasteiger partial charge < -0.3 is 18.9 Å². The van der Waals surface area contributed by atoms with Crippen LogP contribution in [0.25, 0.3) is 0 Å². The lowest BCUT2D eigenvalue weighted by molar-refractivity contribution is -0.166. The number of carbonyl (C=O) groups is 5. The molecule has 1 aromatic carbocycles. The largest absolute Gasteiger partial charge is 0.463 e. The number of aromatic nitrogens is 3. The van der Waals surface area contributed by atoms with Crippen LogP contribution in [-0.2, 0) is 33.3 Å². The summed E-state index contributed by atoms with van der Waals surface area (Å²) in [6, 6.07) is 6.25. The SMILES string of the molecule is CC(=O)OC[C@H]1O[C@@H](n2nnc3c2C(=O)c2ccccc2C3=O)[C@H](OC(C)=O)[C@@H]1OC(C)=O. The van der Waals surface area contributed by atoms with E-state index in [1.807, 2.05) is 0 Å². The predicted octanol–water partition coefficient (Wildman–Crippen LogP) is 0.377. The fourth-order valence-electron chi connectivity index (χ4n) is 3.86. The highest BCUT2D eigenvalue weighted by Crippen LogP contribution is 2.37. The molecule has 1 aromatic heterocycles. The Morgan fingerprint density at radius 1 is 0.939 bits per heavy atom. The van der Waals surface area contributed by atoms with Crippen molar-refractivity contribution >= 4 is 29.5 Å². The zero-order chi connectivity index (χ0) is 23.9. The predicted molar refractivity (Wildman–Crippen MR) is 105 cm³/mol. The molecule has 12 heteroatoms. The lowest BCUT2D eigenvalue weighted by atomic mass is 9.90. The fourth-order valence-corrected chi connectivity index (χ4v) is 3.86. The summed E-state index contributed by atoms with van der Waals surface area (Å²) in [6.45, 7) is 3.15. The lowest BCUT2D eigenvalue weighted by Crippen LogP contribution is -2.41. The van der Waals surface area contributed by atoms with Crippen LogP contribution in [0, 0.1) is 0 Å². The molecule has 4 rings (SSSR count). The van der Waals surface area contributed by atoms with E-state index >= 15 is 0 Å². The first-order valence-corrected chi connectivity index (χ1v) is 9.96. The normalized spacial score (nSPS) is 23.5. The van der Waals surface area contributed by atoms with Crippen LogP contribution in [0.1, 0.15) is 59.1 Å². The number of ether oxygens (including phenoxy) is 4. The van der Waals surface area contributed by atoms with E-state index in [1.54, 1.807) is 12.1 Å². The summed E-state index contributed by atoms with van der Waals surface area (Å²) in [5.74, 6) is -3.05. The zero-order valence-corrected chi connectivity index (χ0v) is 17.8. The van der Waals surface area contributed by atoms with Crippen molar-refractivity contribution < 1.29 is 42.9 Å². The maximum Gasteiger partial charge on any atom is 0.303 e. The van der Waals surface area contributed by atoms with Crippen LogP contribution in [0.3, 0.4) is 0 Å². The molecule has 1 aliphatic heterocycles. The number of hydrogen-bond acceptors (Lipinski definition) is 11. The molecule has 0 N–H and O–H groups in total. The third-order valence-electron chi connectivity index (χ3n) is 5.12. The van der Waals surface area contributed by atoms with Gasteiger partial charge in [0, 0.05) is 31.9 Å². The van der Waals surface area contributed by atoms with Crippen molar-refractivity contribution in [2.45, 2.75) is 45.3 Å². The summed E-state index contributed by atoms with van der Waals surface area (Å²) in [5, 5.41) is 7.78. The van der Waals surface area contributed by atoms with Crippen molar-refractivity contribution in [1.82, 2.24) is 15.0 Å². The Morgan fingerprint density at radius 3 is 2.15 bits per heavy atom. The van der Waals surface area contributed by atoms with Gasteiger partial charge in [0.2, 0.25) is 11.6 Å². The van der Waals surface area contributed by atoms with Gasteiger partial charge in [-0.1, -0.05) is 29.5 Å². The topological polar surface area (TPSA) is 153 Å². The average molecular weight is 457 g/mol. The number of nitrogens with zero attached hydrogens (tertiary/aromatic N) is 3. The zero-order valence-electron chi connectivity index (χ0n) is 17.8. The number of rotatable bonds is 5. The molecule has 1 fully saturated rings. The number of esters is 3. The van der Waals surface area contributed by atoms with Crippen LogP contribution in [0.5, 0.6) is 0 Å². The number of carbonyl (C=O) groups excluding carboxylic acids is 5. The quantitative estimate of drug-likeness (QED) is 0.386. The summed E-state index contributed by atoms with van der Waals surface area (Å²) in [4.78, 5) is 60.9. The Morgan fingerprint density at radius 2 is 1.55 bits per heavy atom. The summed E-state index contributed by atoms with van der Waals surface area (Å²) in [5.41, 5.74) is 0.0111. The van der Waals surface area contributed by atoms with Gasteiger partial charge >= 0.3 is 17.9 Å². The maximum atomic E-state index is 13.2. The Kier molecular flexibility index (Phi) is 5.77. The van der Waals surface area contributed by atoms with Gasteiger partial charge in [-0.3, -0.25) is 24.0 Å². The number of ketones is 2. The first-order chi connectivity index (χ1) is 15.7. The van der Waals surface area contributed by atoms with Gasteiger partial charge in [-0.25, -0.2) is 4.68 Å². The molecule has 1 saturated heterocycles. The van der Waals surface area contributed by atoms with Gasteiger partial charge in [0.1, 0.15) is 18.4 Å². The van der Waals surface area contributed by atoms with Crippen LogP contribution in [0.4, 0.5) is 0 Å². The van der Waals surface area contributed by atoms with Crippen LogP contribution in [0.15, 0.2) is 24.3 Å². The van der Waals surface area contributed by atoms with Crippen molar-refractivity contribution in [1.29, 1.82) is 0 Å². The molecule has 2 aromatic rings. The van der Waals surface area contributed by atoms with Crippen molar-refractivity contribution in [3.63, 3.8) is 0 Å². The number of hydrogen-bond donors (Lipinski definition) is 0. The first-order valence-electron chi connectivity index (χ1n) is 9.96. The van der Waals surface area contributed by atoms with E-state index < -0.39 is 54.0 Å². The Balaban J connectivity index is 1.77. The summed E-state index contributed by atoms with van der Waals surface area (Å²) < 4.78 is 22.6. The summed E-state index contributed by atoms with van der Waals surface area (Å²) in [7, 11) is 0. The van der Waals surface area contributed by atoms with E-state index in [9.17, 15) is 24.0 Å². The highest BCUT2D eigenvalue weighted by Gasteiger charge is 2.52. The highest BCUT2D eigenvalue weighted by atomic mass is 16.7. The molecule has 2 aliphatic rings. The molecule has 0 amide bonds. The van der Waals surface area contributed by atoms with E-state index in [-0.39, 0.29) is 29.1 Å². The van der Waals surface area contributed by atoms with Gasteiger partial charge in [-0.15, -0.1) is 5.10 Å². The molecule has 33 heavy (non-hydrogen) atoms. The molecule has 0 unspecified atom stereocenters.